The minimum absolute atomic E-state index is 0.217. The Morgan fingerprint density at radius 1 is 1.26 bits per heavy atom. The van der Waals surface area contributed by atoms with Crippen LogP contribution in [0.25, 0.3) is 5.65 Å². The van der Waals surface area contributed by atoms with Gasteiger partial charge in [0.2, 0.25) is 0 Å². The zero-order valence-corrected chi connectivity index (χ0v) is 10.0. The molecule has 0 unspecified atom stereocenters. The Hall–Kier alpha value is -2.69. The summed E-state index contributed by atoms with van der Waals surface area (Å²) in [7, 11) is 0. The van der Waals surface area contributed by atoms with Crippen molar-refractivity contribution < 1.29 is 9.90 Å². The van der Waals surface area contributed by atoms with Gasteiger partial charge in [-0.05, 0) is 29.8 Å². The average Bonchev–Trinajstić information content (AvgIpc) is 2.80. The molecule has 2 aromatic heterocycles. The molecule has 2 heterocycles. The van der Waals surface area contributed by atoms with Gasteiger partial charge in [-0.25, -0.2) is 9.50 Å². The molecule has 5 nitrogen and oxygen atoms in total. The fourth-order valence-electron chi connectivity index (χ4n) is 1.99. The molecule has 1 aromatic carbocycles. The Kier molecular flexibility index (Phi) is 2.72. The van der Waals surface area contributed by atoms with Gasteiger partial charge in [0.05, 0.1) is 5.56 Å². The molecule has 5 heteroatoms. The number of hydrogen-bond acceptors (Lipinski definition) is 4. The minimum atomic E-state index is 0.217. The third-order valence-electron chi connectivity index (χ3n) is 2.84. The maximum absolute atomic E-state index is 10.9. The van der Waals surface area contributed by atoms with Gasteiger partial charge in [-0.2, -0.15) is 5.10 Å². The second kappa shape index (κ2) is 4.53. The molecular weight excluding hydrogens is 242 g/mol. The standard InChI is InChI=1S/C14H11N3O2/c18-9-11-4-2-6-17-14(11)15-13(16-17)8-10-3-1-5-12(19)7-10/h1-7,9,19H,8H2. The molecule has 94 valence electrons. The van der Waals surface area contributed by atoms with Crippen LogP contribution in [0.2, 0.25) is 0 Å². The summed E-state index contributed by atoms with van der Waals surface area (Å²) in [5.74, 6) is 0.828. The maximum atomic E-state index is 10.9. The number of fused-ring (bicyclic) bond motifs is 1. The van der Waals surface area contributed by atoms with Crippen LogP contribution in [0.1, 0.15) is 21.7 Å². The molecule has 0 saturated heterocycles. The summed E-state index contributed by atoms with van der Waals surface area (Å²) in [5.41, 5.74) is 1.98. The van der Waals surface area contributed by atoms with E-state index >= 15 is 0 Å². The van der Waals surface area contributed by atoms with Crippen molar-refractivity contribution in [1.82, 2.24) is 14.6 Å². The maximum Gasteiger partial charge on any atom is 0.166 e. The molecule has 0 aliphatic rings. The highest BCUT2D eigenvalue weighted by atomic mass is 16.3. The number of aldehydes is 1. The van der Waals surface area contributed by atoms with Gasteiger partial charge < -0.3 is 5.11 Å². The SMILES string of the molecule is O=Cc1cccn2nc(Cc3cccc(O)c3)nc12. The van der Waals surface area contributed by atoms with Gasteiger partial charge in [0.25, 0.3) is 0 Å². The zero-order valence-electron chi connectivity index (χ0n) is 10.0. The predicted octanol–water partition coefficient (Wildman–Crippen LogP) is 1.84. The van der Waals surface area contributed by atoms with Crippen molar-refractivity contribution in [1.29, 1.82) is 0 Å². The van der Waals surface area contributed by atoms with Crippen LogP contribution in [0.5, 0.6) is 5.75 Å². The highest BCUT2D eigenvalue weighted by Gasteiger charge is 2.08. The third-order valence-corrected chi connectivity index (χ3v) is 2.84. The van der Waals surface area contributed by atoms with Crippen LogP contribution in [0.15, 0.2) is 42.6 Å². The molecule has 0 aliphatic carbocycles. The normalized spacial score (nSPS) is 10.7. The van der Waals surface area contributed by atoms with Crippen LogP contribution in [-0.4, -0.2) is 26.0 Å². The fraction of sp³-hybridized carbons (Fsp3) is 0.0714. The highest BCUT2D eigenvalue weighted by Crippen LogP contribution is 2.14. The first-order chi connectivity index (χ1) is 9.26. The van der Waals surface area contributed by atoms with E-state index in [2.05, 4.69) is 10.1 Å². The number of rotatable bonds is 3. The van der Waals surface area contributed by atoms with Crippen molar-refractivity contribution in [2.45, 2.75) is 6.42 Å². The van der Waals surface area contributed by atoms with Crippen LogP contribution < -0.4 is 0 Å². The van der Waals surface area contributed by atoms with Gasteiger partial charge in [-0.15, -0.1) is 0 Å². The summed E-state index contributed by atoms with van der Waals surface area (Å²) in [6.07, 6.45) is 3.03. The van der Waals surface area contributed by atoms with Crippen LogP contribution >= 0.6 is 0 Å². The van der Waals surface area contributed by atoms with Gasteiger partial charge in [0, 0.05) is 12.6 Å². The van der Waals surface area contributed by atoms with Gasteiger partial charge >= 0.3 is 0 Å². The van der Waals surface area contributed by atoms with E-state index in [-0.39, 0.29) is 5.75 Å². The molecule has 0 amide bonds. The third kappa shape index (κ3) is 2.18. The lowest BCUT2D eigenvalue weighted by atomic mass is 10.1. The summed E-state index contributed by atoms with van der Waals surface area (Å²) >= 11 is 0. The number of carbonyl (C=O) groups excluding carboxylic acids is 1. The smallest absolute Gasteiger partial charge is 0.166 e. The molecule has 0 radical (unpaired) electrons. The zero-order chi connectivity index (χ0) is 13.2. The van der Waals surface area contributed by atoms with Crippen molar-refractivity contribution in [2.75, 3.05) is 0 Å². The number of aromatic nitrogens is 3. The second-order valence-corrected chi connectivity index (χ2v) is 4.22. The van der Waals surface area contributed by atoms with E-state index in [1.807, 2.05) is 6.07 Å². The lowest BCUT2D eigenvalue weighted by molar-refractivity contribution is 0.112. The summed E-state index contributed by atoms with van der Waals surface area (Å²) in [6, 6.07) is 10.4. The highest BCUT2D eigenvalue weighted by molar-refractivity contribution is 5.83. The summed E-state index contributed by atoms with van der Waals surface area (Å²) in [4.78, 5) is 15.3. The van der Waals surface area contributed by atoms with E-state index in [4.69, 9.17) is 0 Å². The molecule has 0 aliphatic heterocycles. The number of carbonyl (C=O) groups is 1. The first-order valence-electron chi connectivity index (χ1n) is 5.83. The molecule has 1 N–H and O–H groups in total. The van der Waals surface area contributed by atoms with Gasteiger partial charge in [0.1, 0.15) is 5.75 Å². The Labute approximate surface area is 109 Å². The van der Waals surface area contributed by atoms with Crippen LogP contribution in [0.4, 0.5) is 0 Å². The van der Waals surface area contributed by atoms with Gasteiger partial charge in [-0.1, -0.05) is 12.1 Å². The van der Waals surface area contributed by atoms with Crippen molar-refractivity contribution in [3.05, 3.63) is 59.5 Å². The Bertz CT molecular complexity index is 749. The number of benzene rings is 1. The van der Waals surface area contributed by atoms with Crippen LogP contribution in [0, 0.1) is 0 Å². The topological polar surface area (TPSA) is 67.5 Å². The van der Waals surface area contributed by atoms with E-state index in [1.54, 1.807) is 41.0 Å². The molecule has 0 bridgehead atoms. The van der Waals surface area contributed by atoms with E-state index < -0.39 is 0 Å². The van der Waals surface area contributed by atoms with E-state index in [9.17, 15) is 9.90 Å². The fourth-order valence-corrected chi connectivity index (χ4v) is 1.99. The molecule has 0 saturated carbocycles. The molecular formula is C14H11N3O2. The van der Waals surface area contributed by atoms with Crippen molar-refractivity contribution in [2.24, 2.45) is 0 Å². The Morgan fingerprint density at radius 2 is 2.16 bits per heavy atom. The molecule has 0 spiro atoms. The van der Waals surface area contributed by atoms with Crippen LogP contribution in [0.3, 0.4) is 0 Å². The van der Waals surface area contributed by atoms with Crippen LogP contribution in [-0.2, 0) is 6.42 Å². The van der Waals surface area contributed by atoms with Gasteiger partial charge in [0.15, 0.2) is 17.8 Å². The Morgan fingerprint density at radius 3 is 2.95 bits per heavy atom. The summed E-state index contributed by atoms with van der Waals surface area (Å²) in [5, 5.41) is 13.7. The lowest BCUT2D eigenvalue weighted by Gasteiger charge is -1.97. The molecule has 0 fully saturated rings. The first-order valence-corrected chi connectivity index (χ1v) is 5.83. The summed E-state index contributed by atoms with van der Waals surface area (Å²) in [6.45, 7) is 0. The van der Waals surface area contributed by atoms with Crippen molar-refractivity contribution in [3.8, 4) is 5.75 Å². The first kappa shape index (κ1) is 11.4. The Balaban J connectivity index is 2.00. The largest absolute Gasteiger partial charge is 0.508 e. The number of pyridine rings is 1. The number of nitrogens with zero attached hydrogens (tertiary/aromatic N) is 3. The second-order valence-electron chi connectivity index (χ2n) is 4.22. The van der Waals surface area contributed by atoms with Crippen molar-refractivity contribution >= 4 is 11.9 Å². The number of aromatic hydroxyl groups is 1. The molecule has 19 heavy (non-hydrogen) atoms. The quantitative estimate of drug-likeness (QED) is 0.723. The number of hydrogen-bond donors (Lipinski definition) is 1. The monoisotopic (exact) mass is 253 g/mol. The van der Waals surface area contributed by atoms with E-state index in [0.717, 1.165) is 11.8 Å². The average molecular weight is 253 g/mol. The van der Waals surface area contributed by atoms with E-state index in [0.29, 0.717) is 23.5 Å². The molecule has 0 atom stereocenters. The molecule has 3 rings (SSSR count). The lowest BCUT2D eigenvalue weighted by Crippen LogP contribution is -1.92. The molecule has 3 aromatic rings. The van der Waals surface area contributed by atoms with E-state index in [1.165, 1.54) is 0 Å². The van der Waals surface area contributed by atoms with Gasteiger partial charge in [-0.3, -0.25) is 4.79 Å². The number of phenols is 1. The number of phenolic OH excluding ortho intramolecular Hbond substituents is 1. The van der Waals surface area contributed by atoms with Crippen molar-refractivity contribution in [3.63, 3.8) is 0 Å². The summed E-state index contributed by atoms with van der Waals surface area (Å²) < 4.78 is 1.59. The minimum Gasteiger partial charge on any atom is -0.508 e. The predicted molar refractivity (Wildman–Crippen MR) is 69.3 cm³/mol.